The Balaban J connectivity index is 2.02. The summed E-state index contributed by atoms with van der Waals surface area (Å²) in [4.78, 5) is 0. The summed E-state index contributed by atoms with van der Waals surface area (Å²) < 4.78 is 5.45. The molecular weight excluding hydrogens is 254 g/mol. The van der Waals surface area contributed by atoms with Crippen molar-refractivity contribution < 1.29 is 4.74 Å². The van der Waals surface area contributed by atoms with Gasteiger partial charge in [-0.05, 0) is 30.6 Å². The topological polar surface area (TPSA) is 21.3 Å². The van der Waals surface area contributed by atoms with Gasteiger partial charge in [0, 0.05) is 23.4 Å². The lowest BCUT2D eigenvalue weighted by Crippen LogP contribution is -2.41. The fourth-order valence-corrected chi connectivity index (χ4v) is 4.12. The van der Waals surface area contributed by atoms with Crippen molar-refractivity contribution in [3.63, 3.8) is 0 Å². The summed E-state index contributed by atoms with van der Waals surface area (Å²) in [5.74, 6) is 3.46. The fourth-order valence-electron chi connectivity index (χ4n) is 2.84. The van der Waals surface area contributed by atoms with E-state index in [9.17, 15) is 0 Å². The summed E-state index contributed by atoms with van der Waals surface area (Å²) in [6.45, 7) is 6.95. The normalized spacial score (nSPS) is 23.9. The Bertz CT molecular complexity index is 419. The second-order valence-electron chi connectivity index (χ2n) is 6.21. The molecule has 0 amide bonds. The monoisotopic (exact) mass is 279 g/mol. The second kappa shape index (κ2) is 6.19. The van der Waals surface area contributed by atoms with E-state index in [1.165, 1.54) is 23.5 Å². The van der Waals surface area contributed by atoms with Gasteiger partial charge in [-0.25, -0.2) is 0 Å². The van der Waals surface area contributed by atoms with E-state index in [4.69, 9.17) is 4.74 Å². The smallest absolute Gasteiger partial charge is 0.123 e. The van der Waals surface area contributed by atoms with Crippen LogP contribution in [0.4, 0.5) is 0 Å². The van der Waals surface area contributed by atoms with Gasteiger partial charge in [0.2, 0.25) is 0 Å². The third-order valence-corrected chi connectivity index (χ3v) is 5.33. The molecule has 0 aliphatic carbocycles. The van der Waals surface area contributed by atoms with Crippen LogP contribution in [0.3, 0.4) is 0 Å². The quantitative estimate of drug-likeness (QED) is 0.904. The lowest BCUT2D eigenvalue weighted by atomic mass is 9.87. The summed E-state index contributed by atoms with van der Waals surface area (Å²) in [7, 11) is 1.74. The van der Waals surface area contributed by atoms with Crippen LogP contribution >= 0.6 is 11.8 Å². The van der Waals surface area contributed by atoms with Crippen molar-refractivity contribution in [3.8, 4) is 5.75 Å². The standard InChI is InChI=1S/C16H25NOS/c1-12(14-7-5-6-8-15(14)18-4)17-13-9-16(2,3)11-19-10-13/h5-8,12-13,17H,9-11H2,1-4H3/t12-,13?/m0/s1. The Morgan fingerprint density at radius 1 is 1.37 bits per heavy atom. The molecule has 106 valence electrons. The number of ether oxygens (including phenoxy) is 1. The number of methoxy groups -OCH3 is 1. The van der Waals surface area contributed by atoms with Crippen molar-refractivity contribution in [1.29, 1.82) is 0 Å². The Hall–Kier alpha value is -0.670. The summed E-state index contributed by atoms with van der Waals surface area (Å²) in [6.07, 6.45) is 1.25. The third kappa shape index (κ3) is 3.90. The zero-order chi connectivity index (χ0) is 13.9. The van der Waals surface area contributed by atoms with E-state index in [1.807, 2.05) is 12.1 Å². The molecule has 1 aromatic rings. The summed E-state index contributed by atoms with van der Waals surface area (Å²) in [6, 6.07) is 9.21. The highest BCUT2D eigenvalue weighted by molar-refractivity contribution is 7.99. The van der Waals surface area contributed by atoms with Crippen LogP contribution in [0.25, 0.3) is 0 Å². The van der Waals surface area contributed by atoms with Crippen LogP contribution in [-0.2, 0) is 0 Å². The van der Waals surface area contributed by atoms with Gasteiger partial charge >= 0.3 is 0 Å². The fraction of sp³-hybridized carbons (Fsp3) is 0.625. The van der Waals surface area contributed by atoms with E-state index in [-0.39, 0.29) is 0 Å². The number of hydrogen-bond donors (Lipinski definition) is 1. The summed E-state index contributed by atoms with van der Waals surface area (Å²) in [5, 5.41) is 3.76. The van der Waals surface area contributed by atoms with E-state index < -0.39 is 0 Å². The molecule has 3 heteroatoms. The molecule has 19 heavy (non-hydrogen) atoms. The molecule has 2 atom stereocenters. The van der Waals surface area contributed by atoms with Crippen molar-refractivity contribution in [2.45, 2.75) is 39.3 Å². The lowest BCUT2D eigenvalue weighted by Gasteiger charge is -2.36. The molecule has 1 aromatic carbocycles. The van der Waals surface area contributed by atoms with Gasteiger partial charge in [-0.15, -0.1) is 0 Å². The Morgan fingerprint density at radius 3 is 2.79 bits per heavy atom. The minimum absolute atomic E-state index is 0.329. The minimum atomic E-state index is 0.329. The summed E-state index contributed by atoms with van der Waals surface area (Å²) in [5.41, 5.74) is 1.69. The molecule has 1 fully saturated rings. The maximum atomic E-state index is 5.45. The van der Waals surface area contributed by atoms with E-state index in [0.29, 0.717) is 17.5 Å². The first-order valence-electron chi connectivity index (χ1n) is 6.98. The number of para-hydroxylation sites is 1. The Morgan fingerprint density at radius 2 is 2.11 bits per heavy atom. The number of thioether (sulfide) groups is 1. The highest BCUT2D eigenvalue weighted by atomic mass is 32.2. The molecule has 1 aliphatic rings. The average Bonchev–Trinajstić information content (AvgIpc) is 2.37. The van der Waals surface area contributed by atoms with E-state index in [1.54, 1.807) is 7.11 Å². The van der Waals surface area contributed by atoms with Gasteiger partial charge in [0.1, 0.15) is 5.75 Å². The van der Waals surface area contributed by atoms with Gasteiger partial charge in [-0.1, -0.05) is 32.0 Å². The molecule has 1 heterocycles. The molecular formula is C16H25NOS. The van der Waals surface area contributed by atoms with Gasteiger partial charge in [0.15, 0.2) is 0 Å². The van der Waals surface area contributed by atoms with E-state index in [2.05, 4.69) is 50.0 Å². The molecule has 0 saturated carbocycles. The third-order valence-electron chi connectivity index (χ3n) is 3.70. The predicted molar refractivity (Wildman–Crippen MR) is 84.1 cm³/mol. The van der Waals surface area contributed by atoms with Crippen molar-refractivity contribution in [2.24, 2.45) is 5.41 Å². The van der Waals surface area contributed by atoms with Crippen LogP contribution in [0, 0.1) is 5.41 Å². The van der Waals surface area contributed by atoms with Gasteiger partial charge in [-0.3, -0.25) is 0 Å². The molecule has 1 N–H and O–H groups in total. The van der Waals surface area contributed by atoms with Gasteiger partial charge in [0.05, 0.1) is 7.11 Å². The predicted octanol–water partition coefficient (Wildman–Crippen LogP) is 3.88. The number of benzene rings is 1. The Labute approximate surface area is 121 Å². The first-order valence-corrected chi connectivity index (χ1v) is 8.14. The first-order chi connectivity index (χ1) is 9.02. The number of hydrogen-bond acceptors (Lipinski definition) is 3. The van der Waals surface area contributed by atoms with E-state index in [0.717, 1.165) is 5.75 Å². The van der Waals surface area contributed by atoms with Crippen LogP contribution in [0.1, 0.15) is 38.8 Å². The average molecular weight is 279 g/mol. The molecule has 1 unspecified atom stereocenters. The summed E-state index contributed by atoms with van der Waals surface area (Å²) >= 11 is 2.06. The van der Waals surface area contributed by atoms with Gasteiger partial charge in [0.25, 0.3) is 0 Å². The number of nitrogens with one attached hydrogen (secondary N) is 1. The van der Waals surface area contributed by atoms with Crippen LogP contribution < -0.4 is 10.1 Å². The van der Waals surface area contributed by atoms with Gasteiger partial charge < -0.3 is 10.1 Å². The Kier molecular flexibility index (Phi) is 4.80. The van der Waals surface area contributed by atoms with Crippen LogP contribution in [0.15, 0.2) is 24.3 Å². The number of rotatable bonds is 4. The molecule has 2 nitrogen and oxygen atoms in total. The highest BCUT2D eigenvalue weighted by Gasteiger charge is 2.29. The van der Waals surface area contributed by atoms with Crippen molar-refractivity contribution in [1.82, 2.24) is 5.32 Å². The molecule has 0 spiro atoms. The first kappa shape index (κ1) is 14.7. The molecule has 0 bridgehead atoms. The maximum absolute atomic E-state index is 5.45. The zero-order valence-electron chi connectivity index (χ0n) is 12.4. The lowest BCUT2D eigenvalue weighted by molar-refractivity contribution is 0.302. The van der Waals surface area contributed by atoms with Crippen LogP contribution in [0.5, 0.6) is 5.75 Å². The zero-order valence-corrected chi connectivity index (χ0v) is 13.2. The second-order valence-corrected chi connectivity index (χ2v) is 7.24. The van der Waals surface area contributed by atoms with Gasteiger partial charge in [-0.2, -0.15) is 11.8 Å². The maximum Gasteiger partial charge on any atom is 0.123 e. The molecule has 1 aliphatic heterocycles. The van der Waals surface area contributed by atoms with Crippen molar-refractivity contribution >= 4 is 11.8 Å². The van der Waals surface area contributed by atoms with Crippen LogP contribution in [0.2, 0.25) is 0 Å². The minimum Gasteiger partial charge on any atom is -0.496 e. The van der Waals surface area contributed by atoms with Crippen LogP contribution in [-0.4, -0.2) is 24.7 Å². The molecule has 1 saturated heterocycles. The largest absolute Gasteiger partial charge is 0.496 e. The molecule has 0 radical (unpaired) electrons. The van der Waals surface area contributed by atoms with E-state index >= 15 is 0 Å². The SMILES string of the molecule is COc1ccccc1[C@H](C)NC1CSCC(C)(C)C1. The highest BCUT2D eigenvalue weighted by Crippen LogP contribution is 2.35. The van der Waals surface area contributed by atoms with Crippen molar-refractivity contribution in [2.75, 3.05) is 18.6 Å². The molecule has 0 aromatic heterocycles. The molecule has 2 rings (SSSR count). The van der Waals surface area contributed by atoms with Crippen molar-refractivity contribution in [3.05, 3.63) is 29.8 Å².